The number of benzene rings is 1. The molecule has 3 aromatic rings. The molecule has 1 saturated carbocycles. The van der Waals surface area contributed by atoms with Gasteiger partial charge in [-0.25, -0.2) is 4.68 Å². The number of rotatable bonds is 5. The van der Waals surface area contributed by atoms with E-state index in [-0.39, 0.29) is 5.91 Å². The van der Waals surface area contributed by atoms with Crippen molar-refractivity contribution in [1.82, 2.24) is 14.8 Å². The highest BCUT2D eigenvalue weighted by Gasteiger charge is 2.30. The molecule has 5 nitrogen and oxygen atoms in total. The number of anilines is 1. The lowest BCUT2D eigenvalue weighted by Crippen LogP contribution is -2.20. The summed E-state index contributed by atoms with van der Waals surface area (Å²) in [5, 5.41) is 8.43. The third-order valence-corrected chi connectivity index (χ3v) is 4.70. The molecule has 1 amide bonds. The van der Waals surface area contributed by atoms with Crippen LogP contribution in [0.2, 0.25) is 0 Å². The van der Waals surface area contributed by atoms with Crippen molar-refractivity contribution in [3.05, 3.63) is 54.4 Å². The molecule has 1 N–H and O–H groups in total. The Kier molecular flexibility index (Phi) is 3.76. The number of aromatic nitrogens is 3. The molecule has 2 heterocycles. The first-order valence-electron chi connectivity index (χ1n) is 8.38. The van der Waals surface area contributed by atoms with Crippen molar-refractivity contribution >= 4 is 22.6 Å². The van der Waals surface area contributed by atoms with E-state index in [9.17, 15) is 4.79 Å². The topological polar surface area (TPSA) is 59.8 Å². The van der Waals surface area contributed by atoms with Gasteiger partial charge < -0.3 is 5.32 Å². The fourth-order valence-electron chi connectivity index (χ4n) is 3.19. The van der Waals surface area contributed by atoms with Crippen molar-refractivity contribution < 1.29 is 4.79 Å². The highest BCUT2D eigenvalue weighted by Crippen LogP contribution is 2.40. The number of amides is 1. The Hall–Kier alpha value is -2.69. The maximum absolute atomic E-state index is 12.5. The molecule has 1 aliphatic carbocycles. The monoisotopic (exact) mass is 320 g/mol. The summed E-state index contributed by atoms with van der Waals surface area (Å²) in [4.78, 5) is 16.9. The standard InChI is InChI=1S/C19H20N4O/c1-13(14-7-8-14)23-17(9-11-21-23)22-18(24)12-16-5-2-4-15-6-3-10-20-19(15)16/h2-6,9-11,13-14H,7-8,12H2,1H3,(H,22,24). The predicted octanol–water partition coefficient (Wildman–Crippen LogP) is 3.58. The van der Waals surface area contributed by atoms with Crippen molar-refractivity contribution in [2.45, 2.75) is 32.2 Å². The van der Waals surface area contributed by atoms with Gasteiger partial charge in [-0.2, -0.15) is 5.10 Å². The second-order valence-corrected chi connectivity index (χ2v) is 6.46. The van der Waals surface area contributed by atoms with E-state index in [0.717, 1.165) is 22.3 Å². The van der Waals surface area contributed by atoms with Crippen LogP contribution in [0.25, 0.3) is 10.9 Å². The lowest BCUT2D eigenvalue weighted by Gasteiger charge is -2.15. The van der Waals surface area contributed by atoms with Crippen LogP contribution >= 0.6 is 0 Å². The van der Waals surface area contributed by atoms with Crippen molar-refractivity contribution in [3.63, 3.8) is 0 Å². The summed E-state index contributed by atoms with van der Waals surface area (Å²) in [7, 11) is 0. The van der Waals surface area contributed by atoms with Crippen LogP contribution in [0.1, 0.15) is 31.4 Å². The van der Waals surface area contributed by atoms with E-state index in [2.05, 4.69) is 22.3 Å². The van der Waals surface area contributed by atoms with Crippen molar-refractivity contribution in [1.29, 1.82) is 0 Å². The first-order chi connectivity index (χ1) is 11.7. The maximum Gasteiger partial charge on any atom is 0.230 e. The van der Waals surface area contributed by atoms with Gasteiger partial charge in [0.05, 0.1) is 24.2 Å². The molecule has 0 bridgehead atoms. The predicted molar refractivity (Wildman–Crippen MR) is 93.7 cm³/mol. The number of fused-ring (bicyclic) bond motifs is 1. The van der Waals surface area contributed by atoms with Crippen molar-refractivity contribution in [2.24, 2.45) is 5.92 Å². The molecule has 1 aromatic carbocycles. The Labute approximate surface area is 140 Å². The molecule has 0 spiro atoms. The third kappa shape index (κ3) is 2.89. The van der Waals surface area contributed by atoms with Crippen LogP contribution in [-0.2, 0) is 11.2 Å². The Morgan fingerprint density at radius 1 is 1.25 bits per heavy atom. The Bertz CT molecular complexity index is 876. The first-order valence-corrected chi connectivity index (χ1v) is 8.38. The molecule has 122 valence electrons. The molecule has 1 aliphatic rings. The van der Waals surface area contributed by atoms with E-state index in [0.29, 0.717) is 18.4 Å². The van der Waals surface area contributed by atoms with Gasteiger partial charge in [0, 0.05) is 17.6 Å². The zero-order valence-corrected chi connectivity index (χ0v) is 13.6. The molecule has 1 fully saturated rings. The Morgan fingerprint density at radius 2 is 2.08 bits per heavy atom. The second kappa shape index (κ2) is 6.07. The van der Waals surface area contributed by atoms with Crippen LogP contribution in [0, 0.1) is 5.92 Å². The second-order valence-electron chi connectivity index (χ2n) is 6.46. The molecule has 1 unspecified atom stereocenters. The quantitative estimate of drug-likeness (QED) is 0.781. The number of hydrogen-bond donors (Lipinski definition) is 1. The molecular weight excluding hydrogens is 300 g/mol. The lowest BCUT2D eigenvalue weighted by atomic mass is 10.1. The van der Waals surface area contributed by atoms with Gasteiger partial charge in [-0.1, -0.05) is 24.3 Å². The zero-order valence-electron chi connectivity index (χ0n) is 13.6. The van der Waals surface area contributed by atoms with E-state index < -0.39 is 0 Å². The van der Waals surface area contributed by atoms with Gasteiger partial charge in [-0.05, 0) is 37.3 Å². The molecule has 0 aliphatic heterocycles. The SMILES string of the molecule is CC(C1CC1)n1nccc1NC(=O)Cc1cccc2cccnc12. The van der Waals surface area contributed by atoms with Gasteiger partial charge in [0.25, 0.3) is 0 Å². The molecule has 0 radical (unpaired) electrons. The minimum absolute atomic E-state index is 0.0436. The van der Waals surface area contributed by atoms with Gasteiger partial charge >= 0.3 is 0 Å². The maximum atomic E-state index is 12.5. The van der Waals surface area contributed by atoms with E-state index in [1.807, 2.05) is 41.1 Å². The molecule has 2 aromatic heterocycles. The number of nitrogens with zero attached hydrogens (tertiary/aromatic N) is 3. The van der Waals surface area contributed by atoms with Crippen LogP contribution < -0.4 is 5.32 Å². The van der Waals surface area contributed by atoms with E-state index in [1.54, 1.807) is 12.4 Å². The van der Waals surface area contributed by atoms with Crippen molar-refractivity contribution in [3.8, 4) is 0 Å². The number of hydrogen-bond acceptors (Lipinski definition) is 3. The van der Waals surface area contributed by atoms with Crippen LogP contribution in [0.3, 0.4) is 0 Å². The van der Waals surface area contributed by atoms with Gasteiger partial charge in [0.2, 0.25) is 5.91 Å². The number of nitrogens with one attached hydrogen (secondary N) is 1. The minimum Gasteiger partial charge on any atom is -0.311 e. The van der Waals surface area contributed by atoms with Crippen LogP contribution in [0.15, 0.2) is 48.8 Å². The highest BCUT2D eigenvalue weighted by atomic mass is 16.1. The van der Waals surface area contributed by atoms with Crippen molar-refractivity contribution in [2.75, 3.05) is 5.32 Å². The summed E-state index contributed by atoms with van der Waals surface area (Å²) in [5.41, 5.74) is 1.82. The average molecular weight is 320 g/mol. The number of carbonyl (C=O) groups is 1. The summed E-state index contributed by atoms with van der Waals surface area (Å²) in [6.45, 7) is 2.16. The fraction of sp³-hybridized carbons (Fsp3) is 0.316. The van der Waals surface area contributed by atoms with Crippen LogP contribution in [0.5, 0.6) is 0 Å². The van der Waals surface area contributed by atoms with Crippen LogP contribution in [-0.4, -0.2) is 20.7 Å². The van der Waals surface area contributed by atoms with E-state index in [1.165, 1.54) is 12.8 Å². The average Bonchev–Trinajstić information content (AvgIpc) is 3.35. The largest absolute Gasteiger partial charge is 0.311 e. The third-order valence-electron chi connectivity index (χ3n) is 4.70. The van der Waals surface area contributed by atoms with Gasteiger partial charge in [-0.3, -0.25) is 9.78 Å². The van der Waals surface area contributed by atoms with E-state index >= 15 is 0 Å². The number of para-hydroxylation sites is 1. The Morgan fingerprint density at radius 3 is 2.92 bits per heavy atom. The normalized spacial score (nSPS) is 15.4. The summed E-state index contributed by atoms with van der Waals surface area (Å²) in [6.07, 6.45) is 6.30. The van der Waals surface area contributed by atoms with Gasteiger partial charge in [-0.15, -0.1) is 0 Å². The summed E-state index contributed by atoms with van der Waals surface area (Å²) in [5.74, 6) is 1.41. The first kappa shape index (κ1) is 14.9. The fourth-order valence-corrected chi connectivity index (χ4v) is 3.19. The lowest BCUT2D eigenvalue weighted by molar-refractivity contribution is -0.115. The summed E-state index contributed by atoms with van der Waals surface area (Å²) in [6, 6.07) is 12.0. The smallest absolute Gasteiger partial charge is 0.230 e. The number of pyridine rings is 1. The van der Waals surface area contributed by atoms with Gasteiger partial charge in [0.1, 0.15) is 5.82 Å². The molecule has 5 heteroatoms. The van der Waals surface area contributed by atoms with E-state index in [4.69, 9.17) is 0 Å². The summed E-state index contributed by atoms with van der Waals surface area (Å²) >= 11 is 0. The number of carbonyl (C=O) groups excluding carboxylic acids is 1. The molecule has 4 rings (SSSR count). The molecule has 1 atom stereocenters. The Balaban J connectivity index is 1.52. The molecular formula is C19H20N4O. The molecule has 24 heavy (non-hydrogen) atoms. The summed E-state index contributed by atoms with van der Waals surface area (Å²) < 4.78 is 1.93. The highest BCUT2D eigenvalue weighted by molar-refractivity contribution is 5.94. The van der Waals surface area contributed by atoms with Gasteiger partial charge in [0.15, 0.2) is 0 Å². The minimum atomic E-state index is -0.0436. The van der Waals surface area contributed by atoms with Crippen LogP contribution in [0.4, 0.5) is 5.82 Å². The zero-order chi connectivity index (χ0) is 16.5. The molecule has 0 saturated heterocycles.